The van der Waals surface area contributed by atoms with Crippen LogP contribution in [0.15, 0.2) is 29.2 Å². The van der Waals surface area contributed by atoms with E-state index >= 15 is 0 Å². The van der Waals surface area contributed by atoms with E-state index in [9.17, 15) is 8.42 Å². The Bertz CT molecular complexity index is 620. The normalized spacial score (nSPS) is 31.3. The van der Waals surface area contributed by atoms with E-state index in [1.807, 2.05) is 20.8 Å². The van der Waals surface area contributed by atoms with Gasteiger partial charge in [-0.2, -0.15) is 0 Å². The van der Waals surface area contributed by atoms with Crippen molar-refractivity contribution < 1.29 is 22.6 Å². The third-order valence-corrected chi connectivity index (χ3v) is 5.58. The summed E-state index contributed by atoms with van der Waals surface area (Å²) >= 11 is 0. The summed E-state index contributed by atoms with van der Waals surface area (Å²) in [4.78, 5) is 0.318. The van der Waals surface area contributed by atoms with E-state index in [4.69, 9.17) is 14.2 Å². The van der Waals surface area contributed by atoms with Crippen molar-refractivity contribution in [2.75, 3.05) is 12.4 Å². The number of sulfone groups is 1. The van der Waals surface area contributed by atoms with Crippen LogP contribution in [0.5, 0.6) is 0 Å². The first-order valence-electron chi connectivity index (χ1n) is 7.03. The van der Waals surface area contributed by atoms with Gasteiger partial charge in [0, 0.05) is 0 Å². The van der Waals surface area contributed by atoms with Gasteiger partial charge in [0.15, 0.2) is 15.6 Å². The highest BCUT2D eigenvalue weighted by atomic mass is 32.2. The fraction of sp³-hybridized carbons (Fsp3) is 0.600. The lowest BCUT2D eigenvalue weighted by Gasteiger charge is -2.21. The standard InChI is InChI=1S/C15H20O5S/c1-10-4-6-11(7-5-10)21(16,17)9-13-14-12(8-18-13)19-15(2,3)20-14/h4-7,12-14H,8-9H2,1-3H3/t12-,13+,14-/m1/s1. The average Bonchev–Trinajstić information content (AvgIpc) is 2.86. The molecule has 1 aromatic carbocycles. The van der Waals surface area contributed by atoms with Gasteiger partial charge in [0.05, 0.1) is 17.3 Å². The average molecular weight is 312 g/mol. The van der Waals surface area contributed by atoms with Gasteiger partial charge >= 0.3 is 0 Å². The van der Waals surface area contributed by atoms with E-state index in [0.29, 0.717) is 11.5 Å². The molecule has 2 fully saturated rings. The Morgan fingerprint density at radius 1 is 1.19 bits per heavy atom. The smallest absolute Gasteiger partial charge is 0.181 e. The topological polar surface area (TPSA) is 61.8 Å². The Morgan fingerprint density at radius 3 is 2.52 bits per heavy atom. The summed E-state index contributed by atoms with van der Waals surface area (Å²) in [7, 11) is -3.40. The number of aryl methyl sites for hydroxylation is 1. The van der Waals surface area contributed by atoms with Crippen LogP contribution in [0.1, 0.15) is 19.4 Å². The molecule has 2 aliphatic heterocycles. The van der Waals surface area contributed by atoms with Crippen molar-refractivity contribution in [1.29, 1.82) is 0 Å². The van der Waals surface area contributed by atoms with Gasteiger partial charge in [-0.15, -0.1) is 0 Å². The SMILES string of the molecule is Cc1ccc(S(=O)(=O)C[C@@H]2OC[C@H]3OC(C)(C)O[C@@H]23)cc1. The molecule has 3 atom stereocenters. The number of rotatable bonds is 3. The van der Waals surface area contributed by atoms with Gasteiger partial charge in [0.2, 0.25) is 0 Å². The molecule has 0 unspecified atom stereocenters. The monoisotopic (exact) mass is 312 g/mol. The van der Waals surface area contributed by atoms with Crippen LogP contribution in [0.4, 0.5) is 0 Å². The maximum absolute atomic E-state index is 12.5. The highest BCUT2D eigenvalue weighted by Crippen LogP contribution is 2.36. The molecule has 2 heterocycles. The summed E-state index contributed by atoms with van der Waals surface area (Å²) < 4.78 is 42.0. The van der Waals surface area contributed by atoms with E-state index in [-0.39, 0.29) is 18.0 Å². The Kier molecular flexibility index (Phi) is 3.60. The van der Waals surface area contributed by atoms with Crippen LogP contribution in [0, 0.1) is 6.92 Å². The lowest BCUT2D eigenvalue weighted by atomic mass is 10.2. The first kappa shape index (κ1) is 15.0. The third-order valence-electron chi connectivity index (χ3n) is 3.83. The zero-order valence-corrected chi connectivity index (χ0v) is 13.2. The molecule has 0 radical (unpaired) electrons. The maximum atomic E-state index is 12.5. The molecule has 6 heteroatoms. The van der Waals surface area contributed by atoms with Crippen LogP contribution in [0.3, 0.4) is 0 Å². The summed E-state index contributed by atoms with van der Waals surface area (Å²) in [6, 6.07) is 6.85. The highest BCUT2D eigenvalue weighted by molar-refractivity contribution is 7.91. The zero-order valence-electron chi connectivity index (χ0n) is 12.4. The highest BCUT2D eigenvalue weighted by Gasteiger charge is 2.51. The first-order valence-corrected chi connectivity index (χ1v) is 8.69. The second kappa shape index (κ2) is 5.05. The van der Waals surface area contributed by atoms with E-state index in [0.717, 1.165) is 5.56 Å². The molecule has 1 aromatic rings. The van der Waals surface area contributed by atoms with Crippen LogP contribution in [0.2, 0.25) is 0 Å². The van der Waals surface area contributed by atoms with Crippen LogP contribution < -0.4 is 0 Å². The van der Waals surface area contributed by atoms with Gasteiger partial charge in [-0.05, 0) is 32.9 Å². The van der Waals surface area contributed by atoms with Crippen LogP contribution >= 0.6 is 0 Å². The van der Waals surface area contributed by atoms with Gasteiger partial charge < -0.3 is 14.2 Å². The fourth-order valence-electron chi connectivity index (χ4n) is 2.82. The van der Waals surface area contributed by atoms with Crippen molar-refractivity contribution in [3.8, 4) is 0 Å². The minimum Gasteiger partial charge on any atom is -0.372 e. The molecule has 0 N–H and O–H groups in total. The Labute approximate surface area is 125 Å². The molecule has 5 nitrogen and oxygen atoms in total. The minimum absolute atomic E-state index is 0.0866. The van der Waals surface area contributed by atoms with Crippen molar-refractivity contribution in [3.05, 3.63) is 29.8 Å². The molecule has 0 aliphatic carbocycles. The second-order valence-electron chi connectivity index (χ2n) is 6.10. The molecule has 116 valence electrons. The summed E-state index contributed by atoms with van der Waals surface area (Å²) in [5.41, 5.74) is 1.03. The number of hydrogen-bond acceptors (Lipinski definition) is 5. The van der Waals surface area contributed by atoms with Gasteiger partial charge in [-0.3, -0.25) is 0 Å². The molecule has 2 saturated heterocycles. The summed E-state index contributed by atoms with van der Waals surface area (Å²) in [5, 5.41) is 0. The molecule has 0 aromatic heterocycles. The van der Waals surface area contributed by atoms with Crippen LogP contribution in [0.25, 0.3) is 0 Å². The van der Waals surface area contributed by atoms with Crippen LogP contribution in [-0.4, -0.2) is 44.9 Å². The molecule has 0 amide bonds. The number of ether oxygens (including phenoxy) is 3. The zero-order chi connectivity index (χ0) is 15.3. The second-order valence-corrected chi connectivity index (χ2v) is 8.14. The van der Waals surface area contributed by atoms with Gasteiger partial charge in [-0.1, -0.05) is 17.7 Å². The molecular formula is C15H20O5S. The molecule has 3 rings (SSSR count). The van der Waals surface area contributed by atoms with Crippen molar-refractivity contribution in [2.24, 2.45) is 0 Å². The summed E-state index contributed by atoms with van der Waals surface area (Å²) in [6.45, 7) is 5.96. The quantitative estimate of drug-likeness (QED) is 0.850. The van der Waals surface area contributed by atoms with Gasteiger partial charge in [0.1, 0.15) is 18.3 Å². The van der Waals surface area contributed by atoms with Crippen molar-refractivity contribution in [3.63, 3.8) is 0 Å². The van der Waals surface area contributed by atoms with E-state index < -0.39 is 21.7 Å². The Morgan fingerprint density at radius 2 is 1.86 bits per heavy atom. The summed E-state index contributed by atoms with van der Waals surface area (Å²) in [5.74, 6) is -0.762. The van der Waals surface area contributed by atoms with E-state index in [1.165, 1.54) is 0 Å². The van der Waals surface area contributed by atoms with E-state index in [2.05, 4.69) is 0 Å². The number of hydrogen-bond donors (Lipinski definition) is 0. The largest absolute Gasteiger partial charge is 0.372 e. The first-order chi connectivity index (χ1) is 9.77. The molecule has 21 heavy (non-hydrogen) atoms. The maximum Gasteiger partial charge on any atom is 0.181 e. The van der Waals surface area contributed by atoms with Gasteiger partial charge in [-0.25, -0.2) is 8.42 Å². The predicted molar refractivity (Wildman–Crippen MR) is 76.8 cm³/mol. The summed E-state index contributed by atoms with van der Waals surface area (Å²) in [6.07, 6.45) is -0.985. The third kappa shape index (κ3) is 2.99. The fourth-order valence-corrected chi connectivity index (χ4v) is 4.28. The van der Waals surface area contributed by atoms with Crippen LogP contribution in [-0.2, 0) is 24.0 Å². The van der Waals surface area contributed by atoms with Crippen molar-refractivity contribution >= 4 is 9.84 Å². The lowest BCUT2D eigenvalue weighted by Crippen LogP contribution is -2.34. The number of fused-ring (bicyclic) bond motifs is 1. The predicted octanol–water partition coefficient (Wildman–Crippen LogP) is 1.69. The molecular weight excluding hydrogens is 292 g/mol. The number of benzene rings is 1. The molecule has 2 aliphatic rings. The van der Waals surface area contributed by atoms with Gasteiger partial charge in [0.25, 0.3) is 0 Å². The van der Waals surface area contributed by atoms with E-state index in [1.54, 1.807) is 24.3 Å². The molecule has 0 bridgehead atoms. The van der Waals surface area contributed by atoms with Crippen molar-refractivity contribution in [2.45, 2.75) is 49.8 Å². The lowest BCUT2D eigenvalue weighted by molar-refractivity contribution is -0.172. The van der Waals surface area contributed by atoms with Crippen molar-refractivity contribution in [1.82, 2.24) is 0 Å². The Hall–Kier alpha value is -0.950. The Balaban J connectivity index is 1.76. The minimum atomic E-state index is -3.40. The molecule has 0 spiro atoms. The molecule has 0 saturated carbocycles.